The Bertz CT molecular complexity index is 1320. The second-order valence-electron chi connectivity index (χ2n) is 14.0. The lowest BCUT2D eigenvalue weighted by Crippen LogP contribution is -2.18. The van der Waals surface area contributed by atoms with E-state index in [1.807, 2.05) is 4.68 Å². The van der Waals surface area contributed by atoms with E-state index in [9.17, 15) is 4.79 Å². The molecule has 1 amide bonds. The summed E-state index contributed by atoms with van der Waals surface area (Å²) in [5, 5.41) is 8.11. The molecule has 1 aromatic carbocycles. The quantitative estimate of drug-likeness (QED) is 0.0846. The van der Waals surface area contributed by atoms with Crippen molar-refractivity contribution in [3.05, 3.63) is 41.6 Å². The van der Waals surface area contributed by atoms with E-state index >= 15 is 0 Å². The summed E-state index contributed by atoms with van der Waals surface area (Å²) in [4.78, 5) is 24.5. The SMILES string of the molecule is CCCCCCCCCCCCCCCCCCOC(=O)Nc1nc(OCCCC)nc2c1cnn2Cc1ccc(CN2CCCC2)cc1. The lowest BCUT2D eigenvalue weighted by molar-refractivity contribution is 0.159. The second-order valence-corrected chi connectivity index (χ2v) is 14.0. The Morgan fingerprint density at radius 3 is 1.84 bits per heavy atom. The van der Waals surface area contributed by atoms with Crippen LogP contribution in [0.5, 0.6) is 6.01 Å². The zero-order chi connectivity index (χ0) is 34.4. The smallest absolute Gasteiger partial charge is 0.412 e. The monoisotopic (exact) mass is 677 g/mol. The number of nitrogens with one attached hydrogen (secondary N) is 1. The van der Waals surface area contributed by atoms with Gasteiger partial charge in [-0.05, 0) is 49.9 Å². The van der Waals surface area contributed by atoms with Gasteiger partial charge in [-0.3, -0.25) is 10.2 Å². The summed E-state index contributed by atoms with van der Waals surface area (Å²) >= 11 is 0. The van der Waals surface area contributed by atoms with Gasteiger partial charge in [-0.2, -0.15) is 15.1 Å². The number of benzene rings is 1. The number of rotatable bonds is 26. The summed E-state index contributed by atoms with van der Waals surface area (Å²) in [6.07, 6.45) is 26.7. The predicted octanol–water partition coefficient (Wildman–Crippen LogP) is 10.5. The summed E-state index contributed by atoms with van der Waals surface area (Å²) in [5.41, 5.74) is 3.08. The maximum atomic E-state index is 12.8. The first-order valence-corrected chi connectivity index (χ1v) is 19.8. The minimum Gasteiger partial charge on any atom is -0.463 e. The fourth-order valence-corrected chi connectivity index (χ4v) is 6.59. The Morgan fingerprint density at radius 1 is 0.694 bits per heavy atom. The van der Waals surface area contributed by atoms with Gasteiger partial charge in [-0.25, -0.2) is 9.48 Å². The molecule has 1 N–H and O–H groups in total. The van der Waals surface area contributed by atoms with Crippen molar-refractivity contribution in [1.29, 1.82) is 0 Å². The topological polar surface area (TPSA) is 94.4 Å². The number of unbranched alkanes of at least 4 members (excludes halogenated alkanes) is 16. The Labute approximate surface area is 295 Å². The number of hydrogen-bond acceptors (Lipinski definition) is 7. The van der Waals surface area contributed by atoms with E-state index < -0.39 is 6.09 Å². The number of carbonyl (C=O) groups is 1. The highest BCUT2D eigenvalue weighted by Crippen LogP contribution is 2.24. The summed E-state index contributed by atoms with van der Waals surface area (Å²) < 4.78 is 13.2. The molecule has 3 aromatic rings. The van der Waals surface area contributed by atoms with Crippen LogP contribution in [0.15, 0.2) is 30.5 Å². The molecule has 3 heterocycles. The van der Waals surface area contributed by atoms with Gasteiger partial charge in [0, 0.05) is 6.54 Å². The Kier molecular flexibility index (Phi) is 18.3. The van der Waals surface area contributed by atoms with Crippen molar-refractivity contribution in [3.63, 3.8) is 0 Å². The van der Waals surface area contributed by atoms with Gasteiger partial charge in [-0.1, -0.05) is 141 Å². The van der Waals surface area contributed by atoms with Crippen LogP contribution in [0.2, 0.25) is 0 Å². The van der Waals surface area contributed by atoms with Gasteiger partial charge in [0.1, 0.15) is 0 Å². The lowest BCUT2D eigenvalue weighted by atomic mass is 10.0. The van der Waals surface area contributed by atoms with Gasteiger partial charge >= 0.3 is 12.1 Å². The van der Waals surface area contributed by atoms with Crippen LogP contribution in [-0.4, -0.2) is 57.0 Å². The first-order chi connectivity index (χ1) is 24.2. The van der Waals surface area contributed by atoms with Crippen molar-refractivity contribution in [1.82, 2.24) is 24.6 Å². The van der Waals surface area contributed by atoms with E-state index in [2.05, 4.69) is 63.4 Å². The van der Waals surface area contributed by atoms with E-state index in [1.165, 1.54) is 121 Å². The minimum absolute atomic E-state index is 0.233. The first kappa shape index (κ1) is 38.6. The molecule has 0 spiro atoms. The molecule has 9 nitrogen and oxygen atoms in total. The summed E-state index contributed by atoms with van der Waals surface area (Å²) in [6.45, 7) is 9.23. The number of nitrogens with zero attached hydrogens (tertiary/aromatic N) is 5. The van der Waals surface area contributed by atoms with E-state index in [4.69, 9.17) is 9.47 Å². The van der Waals surface area contributed by atoms with Gasteiger partial charge in [0.25, 0.3) is 0 Å². The molecule has 0 radical (unpaired) electrons. The number of ether oxygens (including phenoxy) is 2. The lowest BCUT2D eigenvalue weighted by Gasteiger charge is -2.14. The fraction of sp³-hybridized carbons (Fsp3) is 0.700. The molecular formula is C40H64N6O3. The van der Waals surface area contributed by atoms with Crippen molar-refractivity contribution >= 4 is 22.9 Å². The molecule has 0 saturated carbocycles. The standard InChI is InChI=1S/C40H64N6O3/c1-3-5-7-8-9-10-11-12-13-14-15-16-17-18-19-22-30-49-40(47)43-37-36-31-41-46(38(36)44-39(42-37)48-29-6-4-2)33-35-25-23-34(24-26-35)32-45-27-20-21-28-45/h23-26,31H,3-22,27-30,32-33H2,1-2H3,(H,42,43,44,47). The molecule has 1 saturated heterocycles. The van der Waals surface area contributed by atoms with Crippen LogP contribution < -0.4 is 10.1 Å². The Hall–Kier alpha value is -3.20. The second kappa shape index (κ2) is 23.2. The number of aromatic nitrogens is 4. The van der Waals surface area contributed by atoms with E-state index in [0.717, 1.165) is 37.8 Å². The molecule has 272 valence electrons. The third-order valence-electron chi connectivity index (χ3n) is 9.62. The molecule has 0 aliphatic carbocycles. The number of amides is 1. The molecule has 1 aliphatic heterocycles. The number of anilines is 1. The zero-order valence-electron chi connectivity index (χ0n) is 30.7. The number of fused-ring (bicyclic) bond motifs is 1. The fourth-order valence-electron chi connectivity index (χ4n) is 6.59. The van der Waals surface area contributed by atoms with Crippen molar-refractivity contribution < 1.29 is 14.3 Å². The molecule has 4 rings (SSSR count). The average molecular weight is 677 g/mol. The molecule has 9 heteroatoms. The van der Waals surface area contributed by atoms with Crippen LogP contribution in [0.1, 0.15) is 153 Å². The Morgan fingerprint density at radius 2 is 1.24 bits per heavy atom. The molecule has 1 aliphatic rings. The van der Waals surface area contributed by atoms with Crippen LogP contribution >= 0.6 is 0 Å². The molecule has 0 bridgehead atoms. The minimum atomic E-state index is -0.512. The highest BCUT2D eigenvalue weighted by Gasteiger charge is 2.17. The third-order valence-corrected chi connectivity index (χ3v) is 9.62. The van der Waals surface area contributed by atoms with Gasteiger partial charge < -0.3 is 9.47 Å². The molecular weight excluding hydrogens is 612 g/mol. The number of carbonyl (C=O) groups excluding carboxylic acids is 1. The summed E-state index contributed by atoms with van der Waals surface area (Å²) in [7, 11) is 0. The normalized spacial score (nSPS) is 13.3. The first-order valence-electron chi connectivity index (χ1n) is 19.8. The van der Waals surface area contributed by atoms with E-state index in [1.54, 1.807) is 6.20 Å². The van der Waals surface area contributed by atoms with Crippen LogP contribution in [0, 0.1) is 0 Å². The third kappa shape index (κ3) is 14.7. The van der Waals surface area contributed by atoms with Crippen molar-refractivity contribution in [2.75, 3.05) is 31.6 Å². The molecule has 0 unspecified atom stereocenters. The zero-order valence-corrected chi connectivity index (χ0v) is 30.7. The number of likely N-dealkylation sites (tertiary alicyclic amines) is 1. The van der Waals surface area contributed by atoms with Crippen LogP contribution in [0.3, 0.4) is 0 Å². The van der Waals surface area contributed by atoms with Crippen LogP contribution in [-0.2, 0) is 17.8 Å². The highest BCUT2D eigenvalue weighted by molar-refractivity contribution is 5.95. The molecule has 0 atom stereocenters. The van der Waals surface area contributed by atoms with Crippen LogP contribution in [0.4, 0.5) is 10.6 Å². The van der Waals surface area contributed by atoms with E-state index in [0.29, 0.717) is 36.6 Å². The highest BCUT2D eigenvalue weighted by atomic mass is 16.5. The van der Waals surface area contributed by atoms with Crippen molar-refractivity contribution in [3.8, 4) is 6.01 Å². The Balaban J connectivity index is 1.16. The molecule has 49 heavy (non-hydrogen) atoms. The van der Waals surface area contributed by atoms with E-state index in [-0.39, 0.29) is 6.01 Å². The average Bonchev–Trinajstić information content (AvgIpc) is 3.77. The van der Waals surface area contributed by atoms with Gasteiger partial charge in [0.15, 0.2) is 11.5 Å². The van der Waals surface area contributed by atoms with Gasteiger partial charge in [0.05, 0.1) is 31.3 Å². The maximum Gasteiger partial charge on any atom is 0.412 e. The largest absolute Gasteiger partial charge is 0.463 e. The summed E-state index contributed by atoms with van der Waals surface area (Å²) in [6, 6.07) is 8.96. The van der Waals surface area contributed by atoms with Crippen molar-refractivity contribution in [2.24, 2.45) is 0 Å². The number of hydrogen-bond donors (Lipinski definition) is 1. The van der Waals surface area contributed by atoms with Gasteiger partial charge in [-0.15, -0.1) is 0 Å². The van der Waals surface area contributed by atoms with Crippen molar-refractivity contribution in [2.45, 2.75) is 155 Å². The maximum absolute atomic E-state index is 12.8. The van der Waals surface area contributed by atoms with Crippen LogP contribution in [0.25, 0.3) is 11.0 Å². The predicted molar refractivity (Wildman–Crippen MR) is 200 cm³/mol. The molecule has 1 fully saturated rings. The van der Waals surface area contributed by atoms with Gasteiger partial charge in [0.2, 0.25) is 0 Å². The summed E-state index contributed by atoms with van der Waals surface area (Å²) in [5.74, 6) is 0.362. The molecule has 2 aromatic heterocycles.